The highest BCUT2D eigenvalue weighted by molar-refractivity contribution is 8.00. The predicted molar refractivity (Wildman–Crippen MR) is 102 cm³/mol. The van der Waals surface area contributed by atoms with Gasteiger partial charge in [-0.05, 0) is 43.3 Å². The minimum absolute atomic E-state index is 0.144. The number of rotatable bonds is 4. The Morgan fingerprint density at radius 1 is 0.920 bits per heavy atom. The van der Waals surface area contributed by atoms with Gasteiger partial charge in [-0.15, -0.1) is 0 Å². The summed E-state index contributed by atoms with van der Waals surface area (Å²) >= 11 is 8.68. The maximum absolute atomic E-state index is 9.62. The number of nitrogens with two attached hydrogens (primary N) is 1. The van der Waals surface area contributed by atoms with Gasteiger partial charge in [-0.2, -0.15) is 5.26 Å². The largest absolute Gasteiger partial charge is 0.368 e. The Morgan fingerprint density at radius 3 is 1.88 bits per heavy atom. The monoisotopic (exact) mass is 384 g/mol. The molecular weight excluding hydrogens is 372 g/mol. The number of aryl methyl sites for hydroxylation is 1. The van der Waals surface area contributed by atoms with E-state index in [2.05, 4.69) is 16.0 Å². The number of nitrogens with zero attached hydrogens (tertiary/aromatic N) is 3. The number of nitriles is 1. The average molecular weight is 385 g/mol. The number of nitrogen functional groups attached to an aromatic ring is 1. The van der Waals surface area contributed by atoms with E-state index in [1.54, 1.807) is 12.1 Å². The maximum atomic E-state index is 9.62. The minimum atomic E-state index is 0.144. The minimum Gasteiger partial charge on any atom is -0.368 e. The van der Waals surface area contributed by atoms with Crippen molar-refractivity contribution < 1.29 is 0 Å². The van der Waals surface area contributed by atoms with E-state index >= 15 is 0 Å². The fourth-order valence-corrected chi connectivity index (χ4v) is 3.96. The van der Waals surface area contributed by atoms with E-state index in [0.717, 1.165) is 9.79 Å². The first-order valence-electron chi connectivity index (χ1n) is 7.30. The van der Waals surface area contributed by atoms with Crippen LogP contribution in [-0.4, -0.2) is 9.97 Å². The molecule has 3 aromatic rings. The first-order valence-corrected chi connectivity index (χ1v) is 9.32. The van der Waals surface area contributed by atoms with E-state index in [1.807, 2.05) is 43.3 Å². The van der Waals surface area contributed by atoms with E-state index in [4.69, 9.17) is 17.3 Å². The zero-order chi connectivity index (χ0) is 17.8. The summed E-state index contributed by atoms with van der Waals surface area (Å²) in [6.07, 6.45) is 0. The number of aromatic nitrogens is 2. The van der Waals surface area contributed by atoms with Gasteiger partial charge in [0.25, 0.3) is 0 Å². The van der Waals surface area contributed by atoms with E-state index < -0.39 is 0 Å². The van der Waals surface area contributed by atoms with Gasteiger partial charge in [0, 0.05) is 14.8 Å². The van der Waals surface area contributed by atoms with Crippen LogP contribution in [0.15, 0.2) is 68.4 Å². The Bertz CT molecular complexity index is 866. The lowest BCUT2D eigenvalue weighted by Crippen LogP contribution is -2.01. The molecule has 0 radical (unpaired) electrons. The van der Waals surface area contributed by atoms with Gasteiger partial charge in [-0.3, -0.25) is 0 Å². The van der Waals surface area contributed by atoms with Gasteiger partial charge in [-0.1, -0.05) is 52.8 Å². The van der Waals surface area contributed by atoms with Crippen LogP contribution >= 0.6 is 35.1 Å². The standard InChI is InChI=1S/C18H13ClN4S2/c1-11-2-6-13(7-3-11)24-16-15(10-20)17(23-18(21)22-16)25-14-8-4-12(19)5-9-14/h2-9H,1H3,(H2,21,22,23). The first kappa shape index (κ1) is 17.6. The van der Waals surface area contributed by atoms with Crippen LogP contribution in [0.1, 0.15) is 11.1 Å². The fraction of sp³-hybridized carbons (Fsp3) is 0.0556. The van der Waals surface area contributed by atoms with Crippen LogP contribution in [0.3, 0.4) is 0 Å². The van der Waals surface area contributed by atoms with Crippen molar-refractivity contribution in [1.29, 1.82) is 5.26 Å². The van der Waals surface area contributed by atoms with Gasteiger partial charge in [0.05, 0.1) is 0 Å². The van der Waals surface area contributed by atoms with Gasteiger partial charge in [-0.25, -0.2) is 9.97 Å². The molecule has 0 atom stereocenters. The van der Waals surface area contributed by atoms with Crippen LogP contribution in [0.2, 0.25) is 5.02 Å². The lowest BCUT2D eigenvalue weighted by atomic mass is 10.2. The van der Waals surface area contributed by atoms with Crippen LogP contribution in [-0.2, 0) is 0 Å². The molecule has 2 aromatic carbocycles. The molecule has 1 aromatic heterocycles. The van der Waals surface area contributed by atoms with Crippen LogP contribution in [0.5, 0.6) is 0 Å². The van der Waals surface area contributed by atoms with Crippen molar-refractivity contribution >= 4 is 41.1 Å². The summed E-state index contributed by atoms with van der Waals surface area (Å²) in [6, 6.07) is 17.6. The quantitative estimate of drug-likeness (QED) is 0.623. The van der Waals surface area contributed by atoms with E-state index in [0.29, 0.717) is 20.6 Å². The second-order valence-corrected chi connectivity index (χ2v) is 7.71. The van der Waals surface area contributed by atoms with Crippen molar-refractivity contribution in [2.24, 2.45) is 0 Å². The van der Waals surface area contributed by atoms with Crippen molar-refractivity contribution in [1.82, 2.24) is 9.97 Å². The molecule has 0 unspecified atom stereocenters. The highest BCUT2D eigenvalue weighted by Gasteiger charge is 2.16. The Hall–Kier alpha value is -2.20. The summed E-state index contributed by atoms with van der Waals surface area (Å²) in [5, 5.41) is 11.4. The maximum Gasteiger partial charge on any atom is 0.222 e. The van der Waals surface area contributed by atoms with Gasteiger partial charge < -0.3 is 5.73 Å². The Kier molecular flexibility index (Phi) is 5.49. The van der Waals surface area contributed by atoms with Crippen LogP contribution in [0.4, 0.5) is 5.95 Å². The Morgan fingerprint density at radius 2 is 1.40 bits per heavy atom. The summed E-state index contributed by atoms with van der Waals surface area (Å²) < 4.78 is 0. The molecule has 0 aliphatic carbocycles. The molecule has 0 saturated heterocycles. The summed E-state index contributed by atoms with van der Waals surface area (Å²) in [5.74, 6) is 0.144. The number of benzene rings is 2. The molecule has 0 amide bonds. The zero-order valence-corrected chi connectivity index (χ0v) is 15.6. The van der Waals surface area contributed by atoms with Crippen LogP contribution < -0.4 is 5.73 Å². The molecule has 124 valence electrons. The van der Waals surface area contributed by atoms with Gasteiger partial charge in [0.15, 0.2) is 0 Å². The molecule has 0 saturated carbocycles. The molecule has 0 aliphatic heterocycles. The molecule has 0 fully saturated rings. The van der Waals surface area contributed by atoms with Crippen LogP contribution in [0, 0.1) is 18.3 Å². The molecule has 1 heterocycles. The topological polar surface area (TPSA) is 75.6 Å². The normalized spacial score (nSPS) is 10.4. The van der Waals surface area contributed by atoms with Crippen molar-refractivity contribution in [3.05, 3.63) is 64.7 Å². The molecule has 4 nitrogen and oxygen atoms in total. The molecule has 0 aliphatic rings. The summed E-state index contributed by atoms with van der Waals surface area (Å²) in [7, 11) is 0. The average Bonchev–Trinajstić information content (AvgIpc) is 2.59. The summed E-state index contributed by atoms with van der Waals surface area (Å²) in [6.45, 7) is 2.03. The third-order valence-corrected chi connectivity index (χ3v) is 5.48. The summed E-state index contributed by atoms with van der Waals surface area (Å²) in [4.78, 5) is 10.4. The predicted octanol–water partition coefficient (Wildman–Crippen LogP) is 5.19. The number of halogens is 1. The van der Waals surface area contributed by atoms with Gasteiger partial charge in [0.2, 0.25) is 5.95 Å². The summed E-state index contributed by atoms with van der Waals surface area (Å²) in [5.41, 5.74) is 7.45. The SMILES string of the molecule is Cc1ccc(Sc2nc(N)nc(Sc3ccc(Cl)cc3)c2C#N)cc1. The van der Waals surface area contributed by atoms with E-state index in [9.17, 15) is 5.26 Å². The van der Waals surface area contributed by atoms with Gasteiger partial charge >= 0.3 is 0 Å². The Balaban J connectivity index is 1.96. The van der Waals surface area contributed by atoms with E-state index in [-0.39, 0.29) is 5.95 Å². The van der Waals surface area contributed by atoms with Crippen molar-refractivity contribution in [3.63, 3.8) is 0 Å². The third-order valence-electron chi connectivity index (χ3n) is 3.24. The van der Waals surface area contributed by atoms with E-state index in [1.165, 1.54) is 29.1 Å². The van der Waals surface area contributed by atoms with Crippen molar-refractivity contribution in [2.75, 3.05) is 5.73 Å². The molecular formula is C18H13ClN4S2. The molecule has 7 heteroatoms. The third kappa shape index (κ3) is 4.45. The second-order valence-electron chi connectivity index (χ2n) is 5.15. The zero-order valence-electron chi connectivity index (χ0n) is 13.2. The number of hydrogen-bond donors (Lipinski definition) is 1. The fourth-order valence-electron chi connectivity index (χ4n) is 2.01. The molecule has 0 bridgehead atoms. The number of hydrogen-bond acceptors (Lipinski definition) is 6. The highest BCUT2D eigenvalue weighted by Crippen LogP contribution is 2.36. The molecule has 25 heavy (non-hydrogen) atoms. The highest BCUT2D eigenvalue weighted by atomic mass is 35.5. The molecule has 2 N–H and O–H groups in total. The molecule has 3 rings (SSSR count). The first-order chi connectivity index (χ1) is 12.0. The lowest BCUT2D eigenvalue weighted by Gasteiger charge is -2.09. The van der Waals surface area contributed by atoms with Crippen molar-refractivity contribution in [2.45, 2.75) is 26.8 Å². The van der Waals surface area contributed by atoms with Crippen LogP contribution in [0.25, 0.3) is 0 Å². The Labute approximate surface area is 159 Å². The van der Waals surface area contributed by atoms with Gasteiger partial charge in [0.1, 0.15) is 21.7 Å². The molecule has 0 spiro atoms. The number of anilines is 1. The smallest absolute Gasteiger partial charge is 0.222 e. The van der Waals surface area contributed by atoms with Crippen molar-refractivity contribution in [3.8, 4) is 6.07 Å². The second kappa shape index (κ2) is 7.79. The lowest BCUT2D eigenvalue weighted by molar-refractivity contribution is 0.959.